The number of urea groups is 1. The smallest absolute Gasteiger partial charge is 0.359 e. The highest BCUT2D eigenvalue weighted by Crippen LogP contribution is 2.07. The summed E-state index contributed by atoms with van der Waals surface area (Å²) >= 11 is 1.47. The van der Waals surface area contributed by atoms with Crippen LogP contribution < -0.4 is 16.2 Å². The van der Waals surface area contributed by atoms with Crippen molar-refractivity contribution in [1.29, 1.82) is 0 Å². The number of rotatable bonds is 8. The number of thiophene rings is 1. The summed E-state index contributed by atoms with van der Waals surface area (Å²) in [5.74, 6) is -1.62. The third kappa shape index (κ3) is 6.66. The Kier molecular flexibility index (Phi) is 7.68. The molecule has 2 aromatic rings. The van der Waals surface area contributed by atoms with Crippen molar-refractivity contribution >= 4 is 29.2 Å². The lowest BCUT2D eigenvalue weighted by Gasteiger charge is -2.08. The molecule has 0 aliphatic rings. The molecule has 9 nitrogen and oxygen atoms in total. The molecule has 0 unspecified atom stereocenters. The average Bonchev–Trinajstić information content (AvgIpc) is 3.17. The van der Waals surface area contributed by atoms with Gasteiger partial charge in [-0.1, -0.05) is 19.4 Å². The molecule has 0 aromatic carbocycles. The van der Waals surface area contributed by atoms with E-state index < -0.39 is 24.5 Å². The molecule has 0 saturated carbocycles. The highest BCUT2D eigenvalue weighted by atomic mass is 32.1. The van der Waals surface area contributed by atoms with E-state index in [-0.39, 0.29) is 11.3 Å². The van der Waals surface area contributed by atoms with E-state index in [0.717, 1.165) is 17.7 Å². The summed E-state index contributed by atoms with van der Waals surface area (Å²) in [6, 6.07) is 5.47. The summed E-state index contributed by atoms with van der Waals surface area (Å²) in [6.45, 7) is 2.01. The molecule has 2 rings (SSSR count). The maximum absolute atomic E-state index is 12.0. The highest BCUT2D eigenvalue weighted by Gasteiger charge is 2.14. The normalized spacial score (nSPS) is 10.3. The van der Waals surface area contributed by atoms with Gasteiger partial charge in [-0.2, -0.15) is 5.10 Å². The second-order valence-electron chi connectivity index (χ2n) is 5.52. The molecular weight excluding hydrogens is 372 g/mol. The number of carbonyl (C=O) groups excluding carboxylic acids is 3. The molecule has 0 aliphatic heterocycles. The number of hydrogen-bond acceptors (Lipinski definition) is 7. The number of nitrogens with zero attached hydrogens (tertiary/aromatic N) is 2. The van der Waals surface area contributed by atoms with Gasteiger partial charge < -0.3 is 10.1 Å². The summed E-state index contributed by atoms with van der Waals surface area (Å²) in [5.41, 5.74) is -0.402. The zero-order valence-corrected chi connectivity index (χ0v) is 15.6. The van der Waals surface area contributed by atoms with E-state index in [2.05, 4.69) is 15.7 Å². The highest BCUT2D eigenvalue weighted by molar-refractivity contribution is 7.09. The van der Waals surface area contributed by atoms with Gasteiger partial charge in [-0.3, -0.25) is 14.9 Å². The van der Waals surface area contributed by atoms with Gasteiger partial charge in [0, 0.05) is 17.5 Å². The molecule has 2 N–H and O–H groups in total. The van der Waals surface area contributed by atoms with E-state index >= 15 is 0 Å². The van der Waals surface area contributed by atoms with E-state index in [1.165, 1.54) is 28.2 Å². The molecule has 0 saturated heterocycles. The van der Waals surface area contributed by atoms with Crippen molar-refractivity contribution in [3.05, 3.63) is 50.6 Å². The largest absolute Gasteiger partial charge is 0.451 e. The number of aromatic nitrogens is 2. The summed E-state index contributed by atoms with van der Waals surface area (Å²) < 4.78 is 6.01. The Bertz CT molecular complexity index is 847. The number of ether oxygens (including phenoxy) is 1. The first-order valence-electron chi connectivity index (χ1n) is 8.35. The van der Waals surface area contributed by atoms with Crippen LogP contribution >= 0.6 is 11.3 Å². The SMILES string of the molecule is CCCCn1nc(C(=O)OCC(=O)NC(=O)NCc2cccs2)ccc1=O. The lowest BCUT2D eigenvalue weighted by atomic mass is 10.3. The van der Waals surface area contributed by atoms with Crippen molar-refractivity contribution in [3.8, 4) is 0 Å². The van der Waals surface area contributed by atoms with Crippen LogP contribution in [0.2, 0.25) is 0 Å². The number of hydrogen-bond donors (Lipinski definition) is 2. The number of amides is 3. The average molecular weight is 392 g/mol. The van der Waals surface area contributed by atoms with Gasteiger partial charge in [0.1, 0.15) is 0 Å². The molecule has 0 radical (unpaired) electrons. The van der Waals surface area contributed by atoms with Crippen molar-refractivity contribution < 1.29 is 19.1 Å². The Labute approximate surface area is 159 Å². The van der Waals surface area contributed by atoms with Crippen LogP contribution in [0.15, 0.2) is 34.4 Å². The van der Waals surface area contributed by atoms with Crippen LogP contribution in [0.3, 0.4) is 0 Å². The van der Waals surface area contributed by atoms with Crippen LogP contribution in [0.25, 0.3) is 0 Å². The molecule has 0 fully saturated rings. The zero-order chi connectivity index (χ0) is 19.6. The van der Waals surface area contributed by atoms with Crippen LogP contribution in [-0.4, -0.2) is 34.3 Å². The molecule has 2 heterocycles. The minimum atomic E-state index is -0.852. The van der Waals surface area contributed by atoms with Crippen LogP contribution in [-0.2, 0) is 22.6 Å². The number of aryl methyl sites for hydroxylation is 1. The first-order chi connectivity index (χ1) is 13.0. The number of carbonyl (C=O) groups is 3. The van der Waals surface area contributed by atoms with E-state index in [9.17, 15) is 19.2 Å². The molecule has 10 heteroatoms. The number of nitrogens with one attached hydrogen (secondary N) is 2. The molecule has 3 amide bonds. The van der Waals surface area contributed by atoms with Crippen LogP contribution in [0.5, 0.6) is 0 Å². The van der Waals surface area contributed by atoms with Crippen molar-refractivity contribution in [2.75, 3.05) is 6.61 Å². The Hall–Kier alpha value is -3.01. The van der Waals surface area contributed by atoms with Gasteiger partial charge in [-0.05, 0) is 23.9 Å². The second kappa shape index (κ2) is 10.2. The fourth-order valence-electron chi connectivity index (χ4n) is 2.02. The molecule has 0 spiro atoms. The topological polar surface area (TPSA) is 119 Å². The van der Waals surface area contributed by atoms with Gasteiger partial charge in [-0.25, -0.2) is 14.3 Å². The van der Waals surface area contributed by atoms with Crippen molar-refractivity contribution in [2.24, 2.45) is 0 Å². The Morgan fingerprint density at radius 3 is 2.78 bits per heavy atom. The molecule has 0 aliphatic carbocycles. The van der Waals surface area contributed by atoms with Crippen molar-refractivity contribution in [3.63, 3.8) is 0 Å². The van der Waals surface area contributed by atoms with Gasteiger partial charge in [0.25, 0.3) is 11.5 Å². The van der Waals surface area contributed by atoms with Crippen LogP contribution in [0, 0.1) is 0 Å². The fourth-order valence-corrected chi connectivity index (χ4v) is 2.66. The van der Waals surface area contributed by atoms with Gasteiger partial charge in [0.15, 0.2) is 12.3 Å². The fraction of sp³-hybridized carbons (Fsp3) is 0.353. The second-order valence-corrected chi connectivity index (χ2v) is 6.55. The van der Waals surface area contributed by atoms with Crippen LogP contribution in [0.4, 0.5) is 4.79 Å². The Balaban J connectivity index is 1.79. The van der Waals surface area contributed by atoms with Gasteiger partial charge >= 0.3 is 12.0 Å². The summed E-state index contributed by atoms with van der Waals surface area (Å²) in [5, 5.41) is 10.4. The van der Waals surface area contributed by atoms with Crippen molar-refractivity contribution in [1.82, 2.24) is 20.4 Å². The maximum Gasteiger partial charge on any atom is 0.359 e. The molecule has 144 valence electrons. The number of esters is 1. The minimum absolute atomic E-state index is 0.0827. The van der Waals surface area contributed by atoms with E-state index in [1.807, 2.05) is 24.4 Å². The molecule has 0 bridgehead atoms. The standard InChI is InChI=1S/C17H20N4O5S/c1-2-3-8-21-15(23)7-6-13(20-21)16(24)26-11-14(22)19-17(25)18-10-12-5-4-9-27-12/h4-7,9H,2-3,8,10-11H2,1H3,(H2,18,19,22,25). The predicted molar refractivity (Wildman–Crippen MR) is 98.4 cm³/mol. The third-order valence-corrected chi connectivity index (χ3v) is 4.27. The lowest BCUT2D eigenvalue weighted by Crippen LogP contribution is -2.41. The Morgan fingerprint density at radius 1 is 1.26 bits per heavy atom. The molecule has 2 aromatic heterocycles. The van der Waals surface area contributed by atoms with Gasteiger partial charge in [0.2, 0.25) is 0 Å². The summed E-state index contributed by atoms with van der Waals surface area (Å²) in [4.78, 5) is 47.9. The Morgan fingerprint density at radius 2 is 2.07 bits per heavy atom. The lowest BCUT2D eigenvalue weighted by molar-refractivity contribution is -0.123. The van der Waals surface area contributed by atoms with Gasteiger partial charge in [-0.15, -0.1) is 11.3 Å². The van der Waals surface area contributed by atoms with Gasteiger partial charge in [0.05, 0.1) is 6.54 Å². The predicted octanol–water partition coefficient (Wildman–Crippen LogP) is 1.29. The van der Waals surface area contributed by atoms with E-state index in [1.54, 1.807) is 0 Å². The first kappa shape index (κ1) is 20.3. The number of imide groups is 1. The van der Waals surface area contributed by atoms with E-state index in [4.69, 9.17) is 4.74 Å². The summed E-state index contributed by atoms with van der Waals surface area (Å²) in [7, 11) is 0. The van der Waals surface area contributed by atoms with Crippen molar-refractivity contribution in [2.45, 2.75) is 32.9 Å². The number of unbranched alkanes of at least 4 members (excludes halogenated alkanes) is 1. The maximum atomic E-state index is 12.0. The monoisotopic (exact) mass is 392 g/mol. The summed E-state index contributed by atoms with van der Waals surface area (Å²) in [6.07, 6.45) is 1.62. The zero-order valence-electron chi connectivity index (χ0n) is 14.8. The van der Waals surface area contributed by atoms with E-state index in [0.29, 0.717) is 13.1 Å². The first-order valence-corrected chi connectivity index (χ1v) is 9.23. The molecular formula is C17H20N4O5S. The molecule has 0 atom stereocenters. The molecule has 27 heavy (non-hydrogen) atoms. The third-order valence-electron chi connectivity index (χ3n) is 3.39. The minimum Gasteiger partial charge on any atom is -0.451 e. The van der Waals surface area contributed by atoms with Crippen LogP contribution in [0.1, 0.15) is 35.1 Å². The quantitative estimate of drug-likeness (QED) is 0.653.